The molecule has 0 aliphatic heterocycles. The molecule has 0 saturated carbocycles. The summed E-state index contributed by atoms with van der Waals surface area (Å²) in [5.74, 6) is -4.87. The Morgan fingerprint density at radius 1 is 1.00 bits per heavy atom. The predicted octanol–water partition coefficient (Wildman–Crippen LogP) is -2.51. The first-order valence-electron chi connectivity index (χ1n) is 6.51. The number of aliphatic carboxylic acids is 2. The van der Waals surface area contributed by atoms with Gasteiger partial charge in [0, 0.05) is 0 Å². The van der Waals surface area contributed by atoms with Crippen LogP contribution in [0.4, 0.5) is 0 Å². The van der Waals surface area contributed by atoms with Gasteiger partial charge in [-0.15, -0.1) is 0 Å². The fraction of sp³-hybridized carbons (Fsp3) is 0.667. The Balaban J connectivity index is 4.80. The Bertz CT molecular complexity index is 438. The van der Waals surface area contributed by atoms with Gasteiger partial charge in [-0.25, -0.2) is 4.79 Å². The first kappa shape index (κ1) is 19.8. The molecule has 0 saturated heterocycles. The van der Waals surface area contributed by atoms with Gasteiger partial charge in [0.2, 0.25) is 11.8 Å². The summed E-state index contributed by atoms with van der Waals surface area (Å²) in [7, 11) is 0. The third-order valence-corrected chi connectivity index (χ3v) is 2.83. The van der Waals surface area contributed by atoms with E-state index in [0.717, 1.165) is 0 Å². The third-order valence-electron chi connectivity index (χ3n) is 2.83. The van der Waals surface area contributed by atoms with Crippen LogP contribution in [0.25, 0.3) is 0 Å². The Kier molecular flexibility index (Phi) is 8.05. The highest BCUT2D eigenvalue weighted by atomic mass is 16.4. The molecule has 22 heavy (non-hydrogen) atoms. The zero-order valence-electron chi connectivity index (χ0n) is 12.3. The van der Waals surface area contributed by atoms with Crippen molar-refractivity contribution in [2.24, 2.45) is 11.7 Å². The fourth-order valence-electron chi connectivity index (χ4n) is 1.41. The number of nitrogens with two attached hydrogens (primary N) is 1. The predicted molar refractivity (Wildman–Crippen MR) is 73.6 cm³/mol. The Morgan fingerprint density at radius 3 is 1.86 bits per heavy atom. The maximum atomic E-state index is 11.8. The summed E-state index contributed by atoms with van der Waals surface area (Å²) >= 11 is 0. The van der Waals surface area contributed by atoms with E-state index in [4.69, 9.17) is 21.1 Å². The number of nitrogens with one attached hydrogen (secondary N) is 2. The normalized spacial score (nSPS) is 14.8. The zero-order valence-corrected chi connectivity index (χ0v) is 12.3. The van der Waals surface area contributed by atoms with E-state index in [-0.39, 0.29) is 5.92 Å². The van der Waals surface area contributed by atoms with Crippen molar-refractivity contribution in [2.45, 2.75) is 38.4 Å². The lowest BCUT2D eigenvalue weighted by molar-refractivity contribution is -0.147. The van der Waals surface area contributed by atoms with Crippen molar-refractivity contribution in [1.29, 1.82) is 0 Å². The summed E-state index contributed by atoms with van der Waals surface area (Å²) in [5, 5.41) is 30.6. The van der Waals surface area contributed by atoms with Gasteiger partial charge >= 0.3 is 11.9 Å². The average molecular weight is 319 g/mol. The molecule has 0 aromatic heterocycles. The fourth-order valence-corrected chi connectivity index (χ4v) is 1.41. The van der Waals surface area contributed by atoms with Crippen molar-refractivity contribution in [1.82, 2.24) is 10.6 Å². The van der Waals surface area contributed by atoms with Crippen LogP contribution in [0.5, 0.6) is 0 Å². The van der Waals surface area contributed by atoms with E-state index >= 15 is 0 Å². The number of carboxylic acids is 2. The monoisotopic (exact) mass is 319 g/mol. The Hall–Kier alpha value is -2.20. The van der Waals surface area contributed by atoms with Crippen LogP contribution in [0.1, 0.15) is 20.3 Å². The van der Waals surface area contributed by atoms with Gasteiger partial charge in [-0.1, -0.05) is 13.8 Å². The molecule has 10 heteroatoms. The smallest absolute Gasteiger partial charge is 0.326 e. The highest BCUT2D eigenvalue weighted by Gasteiger charge is 2.29. The van der Waals surface area contributed by atoms with E-state index in [1.165, 1.54) is 0 Å². The molecule has 0 aromatic carbocycles. The van der Waals surface area contributed by atoms with Crippen molar-refractivity contribution in [2.75, 3.05) is 6.61 Å². The quantitative estimate of drug-likeness (QED) is 0.269. The summed E-state index contributed by atoms with van der Waals surface area (Å²) in [5.41, 5.74) is 5.58. The van der Waals surface area contributed by atoms with E-state index in [9.17, 15) is 19.2 Å². The second kappa shape index (κ2) is 8.95. The minimum Gasteiger partial charge on any atom is -0.481 e. The van der Waals surface area contributed by atoms with Gasteiger partial charge in [0.15, 0.2) is 0 Å². The molecule has 2 amide bonds. The summed E-state index contributed by atoms with van der Waals surface area (Å²) < 4.78 is 0. The number of carboxylic acid groups (broad SMARTS) is 2. The molecule has 0 aliphatic rings. The zero-order chi connectivity index (χ0) is 17.4. The molecule has 0 fully saturated rings. The minimum atomic E-state index is -1.67. The Labute approximate surface area is 126 Å². The third kappa shape index (κ3) is 6.50. The molecule has 0 heterocycles. The van der Waals surface area contributed by atoms with Crippen molar-refractivity contribution in [3.05, 3.63) is 0 Å². The van der Waals surface area contributed by atoms with Crippen molar-refractivity contribution in [3.8, 4) is 0 Å². The lowest BCUT2D eigenvalue weighted by atomic mass is 10.0. The van der Waals surface area contributed by atoms with Crippen LogP contribution in [-0.4, -0.2) is 63.8 Å². The van der Waals surface area contributed by atoms with E-state index in [1.54, 1.807) is 13.8 Å². The molecule has 0 aromatic rings. The number of carbonyl (C=O) groups excluding carboxylic acids is 2. The van der Waals surface area contributed by atoms with Crippen LogP contribution in [-0.2, 0) is 19.2 Å². The number of hydrogen-bond donors (Lipinski definition) is 6. The first-order chi connectivity index (χ1) is 10.1. The Morgan fingerprint density at radius 2 is 1.50 bits per heavy atom. The van der Waals surface area contributed by atoms with E-state index in [1.807, 2.05) is 5.32 Å². The summed E-state index contributed by atoms with van der Waals surface area (Å²) in [6.45, 7) is 2.58. The van der Waals surface area contributed by atoms with Crippen LogP contribution < -0.4 is 16.4 Å². The molecule has 126 valence electrons. The number of aliphatic hydroxyl groups is 1. The summed E-state index contributed by atoms with van der Waals surface area (Å²) in [6.07, 6.45) is -0.835. The van der Waals surface area contributed by atoms with Crippen molar-refractivity contribution in [3.63, 3.8) is 0 Å². The van der Waals surface area contributed by atoms with Gasteiger partial charge in [-0.3, -0.25) is 14.4 Å². The summed E-state index contributed by atoms with van der Waals surface area (Å²) in [4.78, 5) is 44.9. The molecule has 0 bridgehead atoms. The molecule has 7 N–H and O–H groups in total. The number of hydrogen-bond acceptors (Lipinski definition) is 6. The van der Waals surface area contributed by atoms with Gasteiger partial charge in [-0.2, -0.15) is 0 Å². The van der Waals surface area contributed by atoms with Gasteiger partial charge in [0.05, 0.1) is 19.1 Å². The van der Waals surface area contributed by atoms with Gasteiger partial charge < -0.3 is 31.7 Å². The van der Waals surface area contributed by atoms with E-state index < -0.39 is 54.9 Å². The van der Waals surface area contributed by atoms with Crippen molar-refractivity contribution < 1.29 is 34.5 Å². The van der Waals surface area contributed by atoms with Crippen LogP contribution in [0.3, 0.4) is 0 Å². The number of carbonyl (C=O) groups is 4. The lowest BCUT2D eigenvalue weighted by Crippen LogP contribution is -2.56. The van der Waals surface area contributed by atoms with Gasteiger partial charge in [0.1, 0.15) is 12.1 Å². The number of amides is 2. The largest absolute Gasteiger partial charge is 0.481 e. The van der Waals surface area contributed by atoms with Crippen LogP contribution in [0, 0.1) is 5.92 Å². The molecule has 0 radical (unpaired) electrons. The molecule has 3 atom stereocenters. The average Bonchev–Trinajstić information content (AvgIpc) is 2.41. The number of aliphatic hydroxyl groups excluding tert-OH is 1. The molecule has 0 rings (SSSR count). The van der Waals surface area contributed by atoms with Crippen LogP contribution in [0.15, 0.2) is 0 Å². The molecule has 3 unspecified atom stereocenters. The highest BCUT2D eigenvalue weighted by Crippen LogP contribution is 2.00. The molecule has 0 spiro atoms. The molecule has 0 aliphatic carbocycles. The van der Waals surface area contributed by atoms with Crippen LogP contribution >= 0.6 is 0 Å². The van der Waals surface area contributed by atoms with Crippen molar-refractivity contribution >= 4 is 23.8 Å². The van der Waals surface area contributed by atoms with Crippen LogP contribution in [0.2, 0.25) is 0 Å². The topological polar surface area (TPSA) is 179 Å². The number of rotatable bonds is 9. The second-order valence-electron chi connectivity index (χ2n) is 5.01. The first-order valence-corrected chi connectivity index (χ1v) is 6.51. The van der Waals surface area contributed by atoms with E-state index in [0.29, 0.717) is 0 Å². The second-order valence-corrected chi connectivity index (χ2v) is 5.01. The molecule has 10 nitrogen and oxygen atoms in total. The maximum absolute atomic E-state index is 11.8. The maximum Gasteiger partial charge on any atom is 0.326 e. The van der Waals surface area contributed by atoms with E-state index in [2.05, 4.69) is 5.32 Å². The standard InChI is InChI=1S/C12H21N3O7/c1-5(2)9(13)11(20)15-7(4-16)10(19)14-6(12(21)22)3-8(17)18/h5-7,9,16H,3-4,13H2,1-2H3,(H,14,19)(H,15,20)(H,17,18)(H,21,22). The minimum absolute atomic E-state index is 0.207. The lowest BCUT2D eigenvalue weighted by Gasteiger charge is -2.22. The van der Waals surface area contributed by atoms with Gasteiger partial charge in [0.25, 0.3) is 0 Å². The SMILES string of the molecule is CC(C)C(N)C(=O)NC(CO)C(=O)NC(CC(=O)O)C(=O)O. The summed E-state index contributed by atoms with van der Waals surface area (Å²) in [6, 6.07) is -4.00. The highest BCUT2D eigenvalue weighted by molar-refractivity contribution is 5.92. The van der Waals surface area contributed by atoms with Gasteiger partial charge in [-0.05, 0) is 5.92 Å². The molecular weight excluding hydrogens is 298 g/mol. The molecular formula is C12H21N3O7.